The minimum Gasteiger partial charge on any atom is -0.399 e. The van der Waals surface area contributed by atoms with Crippen molar-refractivity contribution in [3.63, 3.8) is 0 Å². The number of hydrogen-bond acceptors (Lipinski definition) is 6. The molecule has 6 heteroatoms. The van der Waals surface area contributed by atoms with Gasteiger partial charge in [0.15, 0.2) is 5.13 Å². The first kappa shape index (κ1) is 14.1. The molecule has 0 saturated carbocycles. The number of nitrogens with two attached hydrogens (primary N) is 2. The third-order valence-electron chi connectivity index (χ3n) is 3.06. The molecule has 0 atom stereocenters. The molecule has 22 heavy (non-hydrogen) atoms. The van der Waals surface area contributed by atoms with E-state index in [1.807, 2.05) is 30.3 Å². The van der Waals surface area contributed by atoms with Crippen molar-refractivity contribution < 1.29 is 4.79 Å². The third kappa shape index (κ3) is 2.91. The van der Waals surface area contributed by atoms with E-state index in [9.17, 15) is 4.79 Å². The van der Waals surface area contributed by atoms with Gasteiger partial charge in [0.05, 0.1) is 0 Å². The van der Waals surface area contributed by atoms with Crippen LogP contribution in [0.2, 0.25) is 0 Å². The van der Waals surface area contributed by atoms with Crippen LogP contribution in [0.5, 0.6) is 0 Å². The van der Waals surface area contributed by atoms with Gasteiger partial charge in [-0.05, 0) is 24.3 Å². The number of ketones is 1. The zero-order valence-electron chi connectivity index (χ0n) is 11.6. The van der Waals surface area contributed by atoms with E-state index in [0.29, 0.717) is 21.3 Å². The second kappa shape index (κ2) is 5.87. The predicted molar refractivity (Wildman–Crippen MR) is 90.5 cm³/mol. The van der Waals surface area contributed by atoms with Crippen LogP contribution in [-0.4, -0.2) is 10.8 Å². The van der Waals surface area contributed by atoms with Crippen molar-refractivity contribution in [1.29, 1.82) is 0 Å². The fraction of sp³-hybridized carbons (Fsp3) is 0. The molecule has 5 N–H and O–H groups in total. The van der Waals surface area contributed by atoms with Crippen LogP contribution in [0.4, 0.5) is 22.3 Å². The first-order chi connectivity index (χ1) is 10.6. The maximum absolute atomic E-state index is 12.4. The molecule has 0 saturated heterocycles. The SMILES string of the molecule is Nc1ccc(Nc2nc(N)c(C(=O)c3ccccc3)s2)cc1. The summed E-state index contributed by atoms with van der Waals surface area (Å²) in [5.41, 5.74) is 13.6. The van der Waals surface area contributed by atoms with Gasteiger partial charge in [-0.2, -0.15) is 0 Å². The average Bonchev–Trinajstić information content (AvgIpc) is 2.90. The van der Waals surface area contributed by atoms with Crippen molar-refractivity contribution >= 4 is 39.4 Å². The summed E-state index contributed by atoms with van der Waals surface area (Å²) in [6.07, 6.45) is 0. The van der Waals surface area contributed by atoms with E-state index in [2.05, 4.69) is 10.3 Å². The van der Waals surface area contributed by atoms with Crippen molar-refractivity contribution in [2.24, 2.45) is 0 Å². The van der Waals surface area contributed by atoms with Gasteiger partial charge < -0.3 is 16.8 Å². The zero-order valence-corrected chi connectivity index (χ0v) is 12.4. The summed E-state index contributed by atoms with van der Waals surface area (Å²) >= 11 is 1.23. The third-order valence-corrected chi connectivity index (χ3v) is 4.04. The summed E-state index contributed by atoms with van der Waals surface area (Å²) in [6, 6.07) is 16.3. The van der Waals surface area contributed by atoms with Gasteiger partial charge in [0.2, 0.25) is 5.78 Å². The van der Waals surface area contributed by atoms with Crippen LogP contribution >= 0.6 is 11.3 Å². The minimum absolute atomic E-state index is 0.124. The summed E-state index contributed by atoms with van der Waals surface area (Å²) in [7, 11) is 0. The molecule has 0 aliphatic heterocycles. The van der Waals surface area contributed by atoms with Gasteiger partial charge in [-0.15, -0.1) is 0 Å². The largest absolute Gasteiger partial charge is 0.399 e. The van der Waals surface area contributed by atoms with E-state index in [1.54, 1.807) is 24.3 Å². The summed E-state index contributed by atoms with van der Waals surface area (Å²) in [5, 5.41) is 3.69. The Morgan fingerprint density at radius 3 is 2.36 bits per heavy atom. The van der Waals surface area contributed by atoms with Crippen LogP contribution in [0, 0.1) is 0 Å². The number of aromatic nitrogens is 1. The maximum atomic E-state index is 12.4. The Kier molecular flexibility index (Phi) is 3.76. The molecule has 0 amide bonds. The topological polar surface area (TPSA) is 94.0 Å². The number of hydrogen-bond donors (Lipinski definition) is 3. The van der Waals surface area contributed by atoms with Gasteiger partial charge in [-0.1, -0.05) is 41.7 Å². The highest BCUT2D eigenvalue weighted by atomic mass is 32.1. The number of carbonyl (C=O) groups is 1. The fourth-order valence-electron chi connectivity index (χ4n) is 1.96. The van der Waals surface area contributed by atoms with E-state index in [1.165, 1.54) is 11.3 Å². The molecule has 2 aromatic carbocycles. The first-order valence-electron chi connectivity index (χ1n) is 6.62. The standard InChI is InChI=1S/C16H14N4OS/c17-11-6-8-12(9-7-11)19-16-20-15(18)14(22-16)13(21)10-4-2-1-3-5-10/h1-9H,17-18H2,(H,19,20). The normalized spacial score (nSPS) is 10.4. The number of nitrogens with zero attached hydrogens (tertiary/aromatic N) is 1. The number of thiazole rings is 1. The highest BCUT2D eigenvalue weighted by molar-refractivity contribution is 7.18. The van der Waals surface area contributed by atoms with E-state index >= 15 is 0 Å². The van der Waals surface area contributed by atoms with E-state index in [0.717, 1.165) is 5.69 Å². The van der Waals surface area contributed by atoms with Crippen molar-refractivity contribution in [1.82, 2.24) is 4.98 Å². The van der Waals surface area contributed by atoms with Crippen LogP contribution in [0.3, 0.4) is 0 Å². The van der Waals surface area contributed by atoms with Gasteiger partial charge >= 0.3 is 0 Å². The molecule has 1 heterocycles. The number of anilines is 4. The number of carbonyl (C=O) groups excluding carboxylic acids is 1. The molecule has 0 fully saturated rings. The summed E-state index contributed by atoms with van der Waals surface area (Å²) < 4.78 is 0. The second-order valence-corrected chi connectivity index (χ2v) is 5.67. The highest BCUT2D eigenvalue weighted by Crippen LogP contribution is 2.29. The first-order valence-corrected chi connectivity index (χ1v) is 7.44. The molecule has 0 radical (unpaired) electrons. The molecule has 5 nitrogen and oxygen atoms in total. The van der Waals surface area contributed by atoms with Gasteiger partial charge in [0.25, 0.3) is 0 Å². The van der Waals surface area contributed by atoms with E-state index in [4.69, 9.17) is 11.5 Å². The van der Waals surface area contributed by atoms with Crippen molar-refractivity contribution in [3.05, 3.63) is 65.0 Å². The molecule has 0 spiro atoms. The molecule has 110 valence electrons. The van der Waals surface area contributed by atoms with Crippen molar-refractivity contribution in [2.75, 3.05) is 16.8 Å². The molecule has 0 unspecified atom stereocenters. The van der Waals surface area contributed by atoms with Crippen LogP contribution in [0.15, 0.2) is 54.6 Å². The molecule has 0 aliphatic rings. The number of rotatable bonds is 4. The van der Waals surface area contributed by atoms with Gasteiger partial charge in [0.1, 0.15) is 10.7 Å². The lowest BCUT2D eigenvalue weighted by Gasteiger charge is -2.01. The Morgan fingerprint density at radius 2 is 1.68 bits per heavy atom. The molecule has 3 rings (SSSR count). The molecule has 0 aliphatic carbocycles. The molecule has 0 bridgehead atoms. The summed E-state index contributed by atoms with van der Waals surface area (Å²) in [5.74, 6) is 0.109. The van der Waals surface area contributed by atoms with Gasteiger partial charge in [0, 0.05) is 16.9 Å². The minimum atomic E-state index is -0.124. The van der Waals surface area contributed by atoms with Crippen LogP contribution in [0.25, 0.3) is 0 Å². The Labute approximate surface area is 131 Å². The number of nitrogens with one attached hydrogen (secondary N) is 1. The Balaban J connectivity index is 1.85. The zero-order chi connectivity index (χ0) is 15.5. The lowest BCUT2D eigenvalue weighted by molar-refractivity contribution is 0.104. The number of nitrogen functional groups attached to an aromatic ring is 2. The summed E-state index contributed by atoms with van der Waals surface area (Å²) in [6.45, 7) is 0. The van der Waals surface area contributed by atoms with Crippen LogP contribution in [0.1, 0.15) is 15.2 Å². The Bertz CT molecular complexity index is 797. The lowest BCUT2D eigenvalue weighted by atomic mass is 10.1. The van der Waals surface area contributed by atoms with Gasteiger partial charge in [-0.25, -0.2) is 4.98 Å². The van der Waals surface area contributed by atoms with E-state index < -0.39 is 0 Å². The molecular weight excluding hydrogens is 296 g/mol. The molecule has 3 aromatic rings. The van der Waals surface area contributed by atoms with Crippen LogP contribution < -0.4 is 16.8 Å². The van der Waals surface area contributed by atoms with Crippen molar-refractivity contribution in [2.45, 2.75) is 0 Å². The highest BCUT2D eigenvalue weighted by Gasteiger charge is 2.17. The lowest BCUT2D eigenvalue weighted by Crippen LogP contribution is -2.02. The quantitative estimate of drug-likeness (QED) is 0.508. The molecular formula is C16H14N4OS. The fourth-order valence-corrected chi connectivity index (χ4v) is 2.83. The second-order valence-electron chi connectivity index (χ2n) is 4.68. The molecule has 1 aromatic heterocycles. The predicted octanol–water partition coefficient (Wildman–Crippen LogP) is 3.28. The Hall–Kier alpha value is -2.86. The smallest absolute Gasteiger partial charge is 0.206 e. The summed E-state index contributed by atoms with van der Waals surface area (Å²) in [4.78, 5) is 17.1. The van der Waals surface area contributed by atoms with Gasteiger partial charge in [-0.3, -0.25) is 4.79 Å². The Morgan fingerprint density at radius 1 is 1.00 bits per heavy atom. The number of benzene rings is 2. The maximum Gasteiger partial charge on any atom is 0.206 e. The monoisotopic (exact) mass is 310 g/mol. The average molecular weight is 310 g/mol. The van der Waals surface area contributed by atoms with E-state index in [-0.39, 0.29) is 11.6 Å². The van der Waals surface area contributed by atoms with Crippen LogP contribution in [-0.2, 0) is 0 Å². The van der Waals surface area contributed by atoms with Crippen molar-refractivity contribution in [3.8, 4) is 0 Å².